The van der Waals surface area contributed by atoms with Gasteiger partial charge in [-0.2, -0.15) is 0 Å². The van der Waals surface area contributed by atoms with Gasteiger partial charge in [0.1, 0.15) is 0 Å². The molecule has 0 spiro atoms. The molecule has 3 aliphatic heterocycles. The van der Waals surface area contributed by atoms with Crippen molar-refractivity contribution in [2.45, 2.75) is 38.6 Å². The van der Waals surface area contributed by atoms with Crippen molar-refractivity contribution in [2.24, 2.45) is 5.92 Å². The van der Waals surface area contributed by atoms with Gasteiger partial charge in [0.15, 0.2) is 11.5 Å². The number of hydrogen-bond acceptors (Lipinski definition) is 8. The van der Waals surface area contributed by atoms with Crippen molar-refractivity contribution in [3.05, 3.63) is 23.8 Å². The maximum atomic E-state index is 12.8. The van der Waals surface area contributed by atoms with Crippen LogP contribution < -0.4 is 24.6 Å². The Bertz CT molecular complexity index is 980. The second-order valence-electron chi connectivity index (χ2n) is 8.06. The van der Waals surface area contributed by atoms with Crippen LogP contribution in [0.25, 0.3) is 0 Å². The van der Waals surface area contributed by atoms with E-state index in [4.69, 9.17) is 9.47 Å². The fourth-order valence-corrected chi connectivity index (χ4v) is 5.13. The molecule has 3 aliphatic rings. The first kappa shape index (κ1) is 20.0. The SMILES string of the molecule is O=C(NCc1ccc2c(c1)OCO2)C1CCCN(c2nnc(N3CCCCC3=O)s2)C1. The normalized spacial score (nSPS) is 20.8. The second-order valence-corrected chi connectivity index (χ2v) is 8.99. The average Bonchev–Trinajstić information content (AvgIpc) is 3.47. The predicted octanol–water partition coefficient (Wildman–Crippen LogP) is 2.32. The number of nitrogens with zero attached hydrogens (tertiary/aromatic N) is 4. The van der Waals surface area contributed by atoms with E-state index in [0.29, 0.717) is 31.2 Å². The highest BCUT2D eigenvalue weighted by molar-refractivity contribution is 7.19. The largest absolute Gasteiger partial charge is 0.454 e. The lowest BCUT2D eigenvalue weighted by molar-refractivity contribution is -0.125. The van der Waals surface area contributed by atoms with E-state index in [2.05, 4.69) is 20.4 Å². The van der Waals surface area contributed by atoms with Crippen molar-refractivity contribution in [1.29, 1.82) is 0 Å². The number of benzene rings is 1. The van der Waals surface area contributed by atoms with Crippen molar-refractivity contribution < 1.29 is 19.1 Å². The van der Waals surface area contributed by atoms with E-state index in [1.807, 2.05) is 18.2 Å². The number of fused-ring (bicyclic) bond motifs is 1. The van der Waals surface area contributed by atoms with Gasteiger partial charge in [0.2, 0.25) is 28.9 Å². The number of ether oxygens (including phenoxy) is 2. The fraction of sp³-hybridized carbons (Fsp3) is 0.524. The molecular weight excluding hydrogens is 418 g/mol. The molecule has 1 unspecified atom stereocenters. The van der Waals surface area contributed by atoms with E-state index in [-0.39, 0.29) is 24.5 Å². The maximum absolute atomic E-state index is 12.8. The molecule has 5 rings (SSSR count). The first-order valence-corrected chi connectivity index (χ1v) is 11.5. The Morgan fingerprint density at radius 3 is 2.90 bits per heavy atom. The molecule has 0 saturated carbocycles. The third-order valence-electron chi connectivity index (χ3n) is 5.92. The molecule has 164 valence electrons. The molecule has 9 nitrogen and oxygen atoms in total. The summed E-state index contributed by atoms with van der Waals surface area (Å²) in [5.41, 5.74) is 0.977. The van der Waals surface area contributed by atoms with E-state index in [1.54, 1.807) is 4.90 Å². The molecule has 2 fully saturated rings. The average molecular weight is 444 g/mol. The Morgan fingerprint density at radius 2 is 2.00 bits per heavy atom. The maximum Gasteiger partial charge on any atom is 0.231 e. The summed E-state index contributed by atoms with van der Waals surface area (Å²) in [5.74, 6) is 1.51. The van der Waals surface area contributed by atoms with Gasteiger partial charge >= 0.3 is 0 Å². The minimum Gasteiger partial charge on any atom is -0.454 e. The number of piperidine rings is 2. The highest BCUT2D eigenvalue weighted by Gasteiger charge is 2.29. The molecule has 2 aromatic rings. The summed E-state index contributed by atoms with van der Waals surface area (Å²) in [5, 5.41) is 13.0. The molecule has 1 atom stereocenters. The highest BCUT2D eigenvalue weighted by Crippen LogP contribution is 2.33. The lowest BCUT2D eigenvalue weighted by Crippen LogP contribution is -2.43. The fourth-order valence-electron chi connectivity index (χ4n) is 4.20. The molecule has 2 amide bonds. The summed E-state index contributed by atoms with van der Waals surface area (Å²) in [7, 11) is 0. The van der Waals surface area contributed by atoms with Crippen LogP contribution in [0.3, 0.4) is 0 Å². The monoisotopic (exact) mass is 443 g/mol. The molecule has 0 aliphatic carbocycles. The Balaban J connectivity index is 1.18. The first-order valence-electron chi connectivity index (χ1n) is 10.7. The summed E-state index contributed by atoms with van der Waals surface area (Å²) in [4.78, 5) is 28.8. The summed E-state index contributed by atoms with van der Waals surface area (Å²) in [6, 6.07) is 5.71. The van der Waals surface area contributed by atoms with Crippen LogP contribution in [0.4, 0.5) is 10.3 Å². The molecule has 1 aromatic heterocycles. The topological polar surface area (TPSA) is 96.9 Å². The van der Waals surface area contributed by atoms with Crippen molar-refractivity contribution >= 4 is 33.4 Å². The molecular formula is C21H25N5O4S. The van der Waals surface area contributed by atoms with E-state index in [9.17, 15) is 9.59 Å². The Kier molecular flexibility index (Phi) is 5.63. The van der Waals surface area contributed by atoms with Crippen LogP contribution in [-0.2, 0) is 16.1 Å². The summed E-state index contributed by atoms with van der Waals surface area (Å²) < 4.78 is 10.7. The van der Waals surface area contributed by atoms with Crippen LogP contribution in [0.2, 0.25) is 0 Å². The minimum absolute atomic E-state index is 0.0401. The zero-order valence-electron chi connectivity index (χ0n) is 17.2. The van der Waals surface area contributed by atoms with E-state index in [1.165, 1.54) is 11.3 Å². The standard InChI is InChI=1S/C21H25N5O4S/c27-18-5-1-2-9-26(18)21-24-23-20(31-21)25-8-3-4-15(12-25)19(28)22-11-14-6-7-16-17(10-14)30-13-29-16/h6-7,10,15H,1-5,8-9,11-13H2,(H,22,28). The lowest BCUT2D eigenvalue weighted by Gasteiger charge is -2.31. The van der Waals surface area contributed by atoms with Crippen LogP contribution in [0.1, 0.15) is 37.7 Å². The number of carbonyl (C=O) groups excluding carboxylic acids is 2. The quantitative estimate of drug-likeness (QED) is 0.757. The predicted molar refractivity (Wildman–Crippen MR) is 115 cm³/mol. The first-order chi connectivity index (χ1) is 15.2. The number of carbonyl (C=O) groups is 2. The van der Waals surface area contributed by atoms with Gasteiger partial charge in [0, 0.05) is 32.6 Å². The van der Waals surface area contributed by atoms with Crippen LogP contribution in [-0.4, -0.2) is 48.4 Å². The van der Waals surface area contributed by atoms with E-state index < -0.39 is 0 Å². The molecule has 0 bridgehead atoms. The second kappa shape index (κ2) is 8.70. The zero-order chi connectivity index (χ0) is 21.2. The molecule has 10 heteroatoms. The van der Waals surface area contributed by atoms with Crippen molar-refractivity contribution in [3.63, 3.8) is 0 Å². The third kappa shape index (κ3) is 4.30. The Hall–Kier alpha value is -2.88. The number of anilines is 2. The lowest BCUT2D eigenvalue weighted by atomic mass is 9.97. The molecule has 0 radical (unpaired) electrons. The van der Waals surface area contributed by atoms with Crippen molar-refractivity contribution in [1.82, 2.24) is 15.5 Å². The molecule has 1 N–H and O–H groups in total. The van der Waals surface area contributed by atoms with Gasteiger partial charge in [-0.1, -0.05) is 17.4 Å². The van der Waals surface area contributed by atoms with Crippen LogP contribution >= 0.6 is 11.3 Å². The molecule has 4 heterocycles. The van der Waals surface area contributed by atoms with Gasteiger partial charge < -0.3 is 19.7 Å². The van der Waals surface area contributed by atoms with Gasteiger partial charge in [-0.15, -0.1) is 10.2 Å². The number of amides is 2. The molecule has 1 aromatic carbocycles. The van der Waals surface area contributed by atoms with E-state index >= 15 is 0 Å². The van der Waals surface area contributed by atoms with Crippen molar-refractivity contribution in [3.8, 4) is 11.5 Å². The minimum atomic E-state index is -0.105. The number of rotatable bonds is 5. The van der Waals surface area contributed by atoms with Gasteiger partial charge in [0.25, 0.3) is 0 Å². The highest BCUT2D eigenvalue weighted by atomic mass is 32.1. The molecule has 31 heavy (non-hydrogen) atoms. The number of hydrogen-bond donors (Lipinski definition) is 1. The summed E-state index contributed by atoms with van der Waals surface area (Å²) >= 11 is 1.44. The van der Waals surface area contributed by atoms with Crippen molar-refractivity contribution in [2.75, 3.05) is 36.2 Å². The van der Waals surface area contributed by atoms with Gasteiger partial charge in [0.05, 0.1) is 5.92 Å². The third-order valence-corrected chi connectivity index (χ3v) is 6.93. The smallest absolute Gasteiger partial charge is 0.231 e. The van der Waals surface area contributed by atoms with Crippen LogP contribution in [0.15, 0.2) is 18.2 Å². The summed E-state index contributed by atoms with van der Waals surface area (Å²) in [6.45, 7) is 2.84. The van der Waals surface area contributed by atoms with Crippen LogP contribution in [0.5, 0.6) is 11.5 Å². The molecule has 2 saturated heterocycles. The number of aromatic nitrogens is 2. The van der Waals surface area contributed by atoms with Gasteiger partial charge in [-0.25, -0.2) is 0 Å². The van der Waals surface area contributed by atoms with Gasteiger partial charge in [-0.3, -0.25) is 14.5 Å². The Labute approximate surface area is 184 Å². The Morgan fingerprint density at radius 1 is 1.13 bits per heavy atom. The van der Waals surface area contributed by atoms with E-state index in [0.717, 1.165) is 54.4 Å². The zero-order valence-corrected chi connectivity index (χ0v) is 18.0. The van der Waals surface area contributed by atoms with Crippen LogP contribution in [0, 0.1) is 5.92 Å². The van der Waals surface area contributed by atoms with Gasteiger partial charge in [-0.05, 0) is 43.4 Å². The summed E-state index contributed by atoms with van der Waals surface area (Å²) in [6.07, 6.45) is 4.27. The number of nitrogens with one attached hydrogen (secondary N) is 1.